The van der Waals surface area contributed by atoms with Crippen LogP contribution < -0.4 is 0 Å². The van der Waals surface area contributed by atoms with E-state index >= 15 is 0 Å². The molecule has 0 fully saturated rings. The number of rotatable bonds is 3. The van der Waals surface area contributed by atoms with Gasteiger partial charge in [0, 0.05) is 6.42 Å². The number of fused-ring (bicyclic) bond motifs is 1. The van der Waals surface area contributed by atoms with Crippen molar-refractivity contribution in [3.05, 3.63) is 58.5 Å². The molecule has 0 amide bonds. The Morgan fingerprint density at radius 3 is 2.83 bits per heavy atom. The van der Waals surface area contributed by atoms with E-state index in [4.69, 9.17) is 4.42 Å². The van der Waals surface area contributed by atoms with Gasteiger partial charge in [-0.25, -0.2) is 0 Å². The molecule has 0 spiro atoms. The van der Waals surface area contributed by atoms with E-state index in [2.05, 4.69) is 18.2 Å². The van der Waals surface area contributed by atoms with Gasteiger partial charge in [-0.15, -0.1) is 0 Å². The van der Waals surface area contributed by atoms with Crippen LogP contribution in [0.25, 0.3) is 0 Å². The minimum absolute atomic E-state index is 0.0652. The molecule has 2 aromatic rings. The lowest BCUT2D eigenvalue weighted by molar-refractivity contribution is 0.0965. The summed E-state index contributed by atoms with van der Waals surface area (Å²) < 4.78 is 5.24. The Balaban J connectivity index is 1.81. The summed E-state index contributed by atoms with van der Waals surface area (Å²) in [6, 6.07) is 8.24. The second-order valence-corrected chi connectivity index (χ2v) is 4.99. The van der Waals surface area contributed by atoms with Gasteiger partial charge >= 0.3 is 0 Å². The largest absolute Gasteiger partial charge is 0.461 e. The Kier molecular flexibility index (Phi) is 2.78. The van der Waals surface area contributed by atoms with Gasteiger partial charge < -0.3 is 4.42 Å². The number of aryl methyl sites for hydroxylation is 3. The van der Waals surface area contributed by atoms with Crippen LogP contribution in [-0.4, -0.2) is 5.78 Å². The van der Waals surface area contributed by atoms with Crippen LogP contribution in [0.5, 0.6) is 0 Å². The van der Waals surface area contributed by atoms with Crippen molar-refractivity contribution in [2.45, 2.75) is 32.6 Å². The van der Waals surface area contributed by atoms with E-state index in [1.807, 2.05) is 13.0 Å². The highest BCUT2D eigenvalue weighted by Crippen LogP contribution is 2.23. The van der Waals surface area contributed by atoms with Gasteiger partial charge in [0.25, 0.3) is 0 Å². The molecule has 0 saturated heterocycles. The first-order valence-corrected chi connectivity index (χ1v) is 6.42. The number of Topliss-reactive ketones (excluding diaryl/α,β-unsaturated/α-hetero) is 1. The van der Waals surface area contributed by atoms with Crippen LogP contribution in [0.15, 0.2) is 34.9 Å². The first kappa shape index (κ1) is 11.3. The predicted molar refractivity (Wildman–Crippen MR) is 69.9 cm³/mol. The molecule has 2 nitrogen and oxygen atoms in total. The third kappa shape index (κ3) is 1.99. The highest BCUT2D eigenvalue weighted by molar-refractivity contribution is 5.96. The summed E-state index contributed by atoms with van der Waals surface area (Å²) in [6.45, 7) is 1.90. The number of hydrogen-bond donors (Lipinski definition) is 0. The summed E-state index contributed by atoms with van der Waals surface area (Å²) >= 11 is 0. The predicted octanol–water partition coefficient (Wildman–Crippen LogP) is 3.50. The molecule has 0 bridgehead atoms. The molecule has 2 heteroatoms. The lowest BCUT2D eigenvalue weighted by Gasteiger charge is -2.04. The first-order valence-electron chi connectivity index (χ1n) is 6.42. The van der Waals surface area contributed by atoms with Gasteiger partial charge in [0.2, 0.25) is 5.78 Å². The lowest BCUT2D eigenvalue weighted by Crippen LogP contribution is -2.04. The molecule has 18 heavy (non-hydrogen) atoms. The third-order valence-electron chi connectivity index (χ3n) is 3.64. The molecule has 1 aromatic heterocycles. The Labute approximate surface area is 107 Å². The maximum absolute atomic E-state index is 12.1. The van der Waals surface area contributed by atoms with Crippen molar-refractivity contribution >= 4 is 5.78 Å². The zero-order chi connectivity index (χ0) is 12.5. The second kappa shape index (κ2) is 4.45. The van der Waals surface area contributed by atoms with Crippen LogP contribution in [0.3, 0.4) is 0 Å². The van der Waals surface area contributed by atoms with E-state index < -0.39 is 0 Å². The lowest BCUT2D eigenvalue weighted by atomic mass is 10.0. The molecule has 0 radical (unpaired) electrons. The molecular weight excluding hydrogens is 224 g/mol. The number of ketones is 1. The van der Waals surface area contributed by atoms with Crippen LogP contribution in [0.1, 0.15) is 39.2 Å². The van der Waals surface area contributed by atoms with Crippen LogP contribution in [0, 0.1) is 6.92 Å². The molecule has 92 valence electrons. The van der Waals surface area contributed by atoms with Crippen molar-refractivity contribution in [1.29, 1.82) is 0 Å². The molecule has 3 rings (SSSR count). The molecule has 0 unspecified atom stereocenters. The normalized spacial score (nSPS) is 13.6. The average molecular weight is 240 g/mol. The highest BCUT2D eigenvalue weighted by atomic mass is 16.3. The molecule has 0 N–H and O–H groups in total. The fourth-order valence-corrected chi connectivity index (χ4v) is 2.66. The fourth-order valence-electron chi connectivity index (χ4n) is 2.66. The minimum Gasteiger partial charge on any atom is -0.461 e. The van der Waals surface area contributed by atoms with E-state index in [1.54, 1.807) is 6.26 Å². The topological polar surface area (TPSA) is 30.2 Å². The smallest absolute Gasteiger partial charge is 0.202 e. The summed E-state index contributed by atoms with van der Waals surface area (Å²) in [5.74, 6) is 0.561. The van der Waals surface area contributed by atoms with Gasteiger partial charge in [0.15, 0.2) is 5.76 Å². The molecule has 0 atom stereocenters. The Morgan fingerprint density at radius 1 is 1.22 bits per heavy atom. The van der Waals surface area contributed by atoms with E-state index in [-0.39, 0.29) is 5.78 Å². The van der Waals surface area contributed by atoms with Crippen molar-refractivity contribution in [2.75, 3.05) is 0 Å². The summed E-state index contributed by atoms with van der Waals surface area (Å²) in [6.07, 6.45) is 5.58. The second-order valence-electron chi connectivity index (χ2n) is 4.99. The van der Waals surface area contributed by atoms with E-state index in [9.17, 15) is 4.79 Å². The number of hydrogen-bond acceptors (Lipinski definition) is 2. The van der Waals surface area contributed by atoms with Crippen LogP contribution >= 0.6 is 0 Å². The molecular formula is C16H16O2. The van der Waals surface area contributed by atoms with Crippen molar-refractivity contribution in [2.24, 2.45) is 0 Å². The molecule has 1 heterocycles. The Bertz CT molecular complexity index is 593. The van der Waals surface area contributed by atoms with Gasteiger partial charge in [-0.1, -0.05) is 18.2 Å². The third-order valence-corrected chi connectivity index (χ3v) is 3.64. The number of benzene rings is 1. The number of furan rings is 1. The Morgan fingerprint density at radius 2 is 2.06 bits per heavy atom. The highest BCUT2D eigenvalue weighted by Gasteiger charge is 2.15. The van der Waals surface area contributed by atoms with Crippen molar-refractivity contribution in [3.63, 3.8) is 0 Å². The molecule has 1 aliphatic rings. The first-order chi connectivity index (χ1) is 8.74. The van der Waals surface area contributed by atoms with Gasteiger partial charge in [-0.3, -0.25) is 4.79 Å². The van der Waals surface area contributed by atoms with E-state index in [0.717, 1.165) is 17.5 Å². The SMILES string of the molecule is Cc1ccoc1C(=O)Cc1ccc2c(c1)CCC2. The quantitative estimate of drug-likeness (QED) is 0.768. The maximum atomic E-state index is 12.1. The molecule has 0 saturated carbocycles. The fraction of sp³-hybridized carbons (Fsp3) is 0.312. The van der Waals surface area contributed by atoms with Gasteiger partial charge in [-0.05, 0) is 54.5 Å². The Hall–Kier alpha value is -1.83. The summed E-state index contributed by atoms with van der Waals surface area (Å²) in [4.78, 5) is 12.1. The molecule has 1 aliphatic carbocycles. The average Bonchev–Trinajstić information content (AvgIpc) is 2.96. The summed E-state index contributed by atoms with van der Waals surface area (Å²) in [5.41, 5.74) is 4.87. The van der Waals surface area contributed by atoms with Crippen LogP contribution in [-0.2, 0) is 19.3 Å². The number of carbonyl (C=O) groups is 1. The van der Waals surface area contributed by atoms with Crippen molar-refractivity contribution in [3.8, 4) is 0 Å². The van der Waals surface area contributed by atoms with E-state index in [0.29, 0.717) is 12.2 Å². The van der Waals surface area contributed by atoms with Crippen LogP contribution in [0.4, 0.5) is 0 Å². The zero-order valence-electron chi connectivity index (χ0n) is 10.5. The van der Waals surface area contributed by atoms with Gasteiger partial charge in [0.05, 0.1) is 6.26 Å². The monoisotopic (exact) mass is 240 g/mol. The summed E-state index contributed by atoms with van der Waals surface area (Å²) in [5, 5.41) is 0. The van der Waals surface area contributed by atoms with Crippen LogP contribution in [0.2, 0.25) is 0 Å². The van der Waals surface area contributed by atoms with E-state index in [1.165, 1.54) is 24.0 Å². The molecule has 0 aliphatic heterocycles. The minimum atomic E-state index is 0.0652. The zero-order valence-corrected chi connectivity index (χ0v) is 10.5. The molecule has 1 aromatic carbocycles. The van der Waals surface area contributed by atoms with Crippen molar-refractivity contribution < 1.29 is 9.21 Å². The van der Waals surface area contributed by atoms with Gasteiger partial charge in [0.1, 0.15) is 0 Å². The number of carbonyl (C=O) groups excluding carboxylic acids is 1. The van der Waals surface area contributed by atoms with Gasteiger partial charge in [-0.2, -0.15) is 0 Å². The summed E-state index contributed by atoms with van der Waals surface area (Å²) in [7, 11) is 0. The maximum Gasteiger partial charge on any atom is 0.202 e. The standard InChI is InChI=1S/C16H16O2/c1-11-7-8-18-16(11)15(17)10-12-5-6-13-3-2-4-14(13)9-12/h5-9H,2-4,10H2,1H3. The van der Waals surface area contributed by atoms with Crippen molar-refractivity contribution in [1.82, 2.24) is 0 Å².